The summed E-state index contributed by atoms with van der Waals surface area (Å²) in [6.45, 7) is 0. The number of amides is 1. The summed E-state index contributed by atoms with van der Waals surface area (Å²) >= 11 is 0. The van der Waals surface area contributed by atoms with Gasteiger partial charge in [-0.2, -0.15) is 0 Å². The summed E-state index contributed by atoms with van der Waals surface area (Å²) in [6.07, 6.45) is 6.81. The molecule has 1 aliphatic carbocycles. The van der Waals surface area contributed by atoms with Crippen LogP contribution in [0.15, 0.2) is 12.1 Å². The van der Waals surface area contributed by atoms with Crippen LogP contribution < -0.4 is 16.8 Å². The molecular formula is C14H20FN3O. The maximum absolute atomic E-state index is 13.9. The fourth-order valence-electron chi connectivity index (χ4n) is 2.56. The molecule has 0 atom stereocenters. The van der Waals surface area contributed by atoms with Crippen LogP contribution in [-0.2, 0) is 0 Å². The predicted molar refractivity (Wildman–Crippen MR) is 74.4 cm³/mol. The van der Waals surface area contributed by atoms with E-state index in [-0.39, 0.29) is 17.3 Å². The molecule has 1 aromatic carbocycles. The molecule has 1 amide bonds. The number of rotatable bonds is 3. The standard InChI is InChI=1S/C14H20FN3O/c15-11-8-12(16)10(14(17)19)7-13(11)18-9-5-3-1-2-4-6-9/h7-9,18H,1-6,16H2,(H2,17,19). The van der Waals surface area contributed by atoms with Gasteiger partial charge in [0.2, 0.25) is 0 Å². The lowest BCUT2D eigenvalue weighted by molar-refractivity contribution is 0.100. The maximum Gasteiger partial charge on any atom is 0.250 e. The minimum Gasteiger partial charge on any atom is -0.398 e. The number of nitrogens with one attached hydrogen (secondary N) is 1. The lowest BCUT2D eigenvalue weighted by atomic mass is 10.1. The van der Waals surface area contributed by atoms with Crippen molar-refractivity contribution < 1.29 is 9.18 Å². The van der Waals surface area contributed by atoms with Crippen molar-refractivity contribution in [2.24, 2.45) is 5.73 Å². The molecule has 0 bridgehead atoms. The van der Waals surface area contributed by atoms with Gasteiger partial charge in [0.1, 0.15) is 5.82 Å². The van der Waals surface area contributed by atoms with Gasteiger partial charge < -0.3 is 16.8 Å². The molecule has 104 valence electrons. The first-order chi connectivity index (χ1) is 9.08. The summed E-state index contributed by atoms with van der Waals surface area (Å²) in [6, 6.07) is 2.82. The first-order valence-electron chi connectivity index (χ1n) is 6.73. The first-order valence-corrected chi connectivity index (χ1v) is 6.73. The maximum atomic E-state index is 13.9. The van der Waals surface area contributed by atoms with Gasteiger partial charge >= 0.3 is 0 Å². The number of halogens is 1. The van der Waals surface area contributed by atoms with E-state index in [1.165, 1.54) is 18.9 Å². The third kappa shape index (κ3) is 3.36. The van der Waals surface area contributed by atoms with Gasteiger partial charge in [0, 0.05) is 11.7 Å². The largest absolute Gasteiger partial charge is 0.398 e. The Kier molecular flexibility index (Phi) is 4.24. The molecule has 1 aromatic rings. The van der Waals surface area contributed by atoms with Gasteiger partial charge in [0.05, 0.1) is 11.3 Å². The Morgan fingerprint density at radius 2 is 1.84 bits per heavy atom. The van der Waals surface area contributed by atoms with E-state index in [0.29, 0.717) is 5.69 Å². The summed E-state index contributed by atoms with van der Waals surface area (Å²) in [4.78, 5) is 11.2. The van der Waals surface area contributed by atoms with Crippen LogP contribution >= 0.6 is 0 Å². The van der Waals surface area contributed by atoms with Gasteiger partial charge in [-0.3, -0.25) is 4.79 Å². The van der Waals surface area contributed by atoms with Crippen LogP contribution in [0.5, 0.6) is 0 Å². The molecule has 4 nitrogen and oxygen atoms in total. The zero-order valence-electron chi connectivity index (χ0n) is 10.9. The van der Waals surface area contributed by atoms with Crippen LogP contribution in [0.1, 0.15) is 48.9 Å². The Balaban J connectivity index is 2.19. The van der Waals surface area contributed by atoms with Gasteiger partial charge in [-0.15, -0.1) is 0 Å². The lowest BCUT2D eigenvalue weighted by Crippen LogP contribution is -2.20. The van der Waals surface area contributed by atoms with Crippen LogP contribution in [0.25, 0.3) is 0 Å². The van der Waals surface area contributed by atoms with Crippen LogP contribution in [0.4, 0.5) is 15.8 Å². The summed E-state index contributed by atoms with van der Waals surface area (Å²) in [5.74, 6) is -1.08. The molecule has 0 radical (unpaired) electrons. The van der Waals surface area contributed by atoms with Gasteiger partial charge in [-0.1, -0.05) is 25.7 Å². The molecular weight excluding hydrogens is 245 g/mol. The number of nitrogens with two attached hydrogens (primary N) is 2. The highest BCUT2D eigenvalue weighted by Gasteiger charge is 2.16. The van der Waals surface area contributed by atoms with Crippen molar-refractivity contribution in [3.8, 4) is 0 Å². The Morgan fingerprint density at radius 1 is 1.21 bits per heavy atom. The smallest absolute Gasteiger partial charge is 0.250 e. The van der Waals surface area contributed by atoms with E-state index in [9.17, 15) is 9.18 Å². The van der Waals surface area contributed by atoms with Gasteiger partial charge in [-0.05, 0) is 25.0 Å². The van der Waals surface area contributed by atoms with Crippen LogP contribution in [0.3, 0.4) is 0 Å². The van der Waals surface area contributed by atoms with Crippen molar-refractivity contribution in [3.63, 3.8) is 0 Å². The molecule has 5 heteroatoms. The van der Waals surface area contributed by atoms with Crippen molar-refractivity contribution in [3.05, 3.63) is 23.5 Å². The summed E-state index contributed by atoms with van der Waals surface area (Å²) in [5, 5.41) is 3.17. The molecule has 19 heavy (non-hydrogen) atoms. The second-order valence-electron chi connectivity index (χ2n) is 5.12. The molecule has 0 aliphatic heterocycles. The average Bonchev–Trinajstić information content (AvgIpc) is 2.60. The summed E-state index contributed by atoms with van der Waals surface area (Å²) < 4.78 is 13.9. The van der Waals surface area contributed by atoms with Crippen molar-refractivity contribution in [2.45, 2.75) is 44.6 Å². The third-order valence-corrected chi connectivity index (χ3v) is 3.62. The molecule has 0 saturated heterocycles. The zero-order valence-corrected chi connectivity index (χ0v) is 10.9. The number of hydrogen-bond acceptors (Lipinski definition) is 3. The molecule has 0 heterocycles. The van der Waals surface area contributed by atoms with E-state index in [1.54, 1.807) is 0 Å². The zero-order chi connectivity index (χ0) is 13.8. The molecule has 1 fully saturated rings. The second-order valence-corrected chi connectivity index (χ2v) is 5.12. The monoisotopic (exact) mass is 265 g/mol. The van der Waals surface area contributed by atoms with E-state index in [4.69, 9.17) is 11.5 Å². The number of benzene rings is 1. The highest BCUT2D eigenvalue weighted by molar-refractivity contribution is 5.99. The van der Waals surface area contributed by atoms with Crippen molar-refractivity contribution in [1.29, 1.82) is 0 Å². The summed E-state index contributed by atoms with van der Waals surface area (Å²) in [7, 11) is 0. The van der Waals surface area contributed by atoms with Gasteiger partial charge in [0.25, 0.3) is 5.91 Å². The topological polar surface area (TPSA) is 81.1 Å². The number of primary amides is 1. The van der Waals surface area contributed by atoms with Crippen molar-refractivity contribution >= 4 is 17.3 Å². The average molecular weight is 265 g/mol. The Labute approximate surface area is 112 Å². The molecule has 0 aromatic heterocycles. The predicted octanol–water partition coefficient (Wildman–Crippen LogP) is 2.64. The van der Waals surface area contributed by atoms with Crippen molar-refractivity contribution in [1.82, 2.24) is 0 Å². The van der Waals surface area contributed by atoms with Crippen LogP contribution in [-0.4, -0.2) is 11.9 Å². The normalized spacial score (nSPS) is 16.9. The molecule has 0 spiro atoms. The summed E-state index contributed by atoms with van der Waals surface area (Å²) in [5.41, 5.74) is 11.4. The number of carbonyl (C=O) groups is 1. The van der Waals surface area contributed by atoms with E-state index >= 15 is 0 Å². The van der Waals surface area contributed by atoms with E-state index in [2.05, 4.69) is 5.32 Å². The fraction of sp³-hybridized carbons (Fsp3) is 0.500. The molecule has 5 N–H and O–H groups in total. The first kappa shape index (κ1) is 13.6. The molecule has 0 unspecified atom stereocenters. The van der Waals surface area contributed by atoms with Crippen molar-refractivity contribution in [2.75, 3.05) is 11.1 Å². The lowest BCUT2D eigenvalue weighted by Gasteiger charge is -2.19. The highest BCUT2D eigenvalue weighted by atomic mass is 19.1. The van der Waals surface area contributed by atoms with E-state index < -0.39 is 11.7 Å². The van der Waals surface area contributed by atoms with Gasteiger partial charge in [0.15, 0.2) is 0 Å². The minimum absolute atomic E-state index is 0.0800. The van der Waals surface area contributed by atoms with Crippen LogP contribution in [0.2, 0.25) is 0 Å². The Morgan fingerprint density at radius 3 is 2.42 bits per heavy atom. The molecule has 2 rings (SSSR count). The Bertz CT molecular complexity index is 468. The van der Waals surface area contributed by atoms with E-state index in [0.717, 1.165) is 31.7 Å². The number of anilines is 2. The minimum atomic E-state index is -0.638. The van der Waals surface area contributed by atoms with Gasteiger partial charge in [-0.25, -0.2) is 4.39 Å². The highest BCUT2D eigenvalue weighted by Crippen LogP contribution is 2.26. The third-order valence-electron chi connectivity index (χ3n) is 3.62. The number of nitrogen functional groups attached to an aromatic ring is 1. The number of hydrogen-bond donors (Lipinski definition) is 3. The number of carbonyl (C=O) groups excluding carboxylic acids is 1. The fourth-order valence-corrected chi connectivity index (χ4v) is 2.56. The SMILES string of the molecule is NC(=O)c1cc(NC2CCCCCC2)c(F)cc1N. The Hall–Kier alpha value is -1.78. The van der Waals surface area contributed by atoms with Crippen LogP contribution in [0, 0.1) is 5.82 Å². The van der Waals surface area contributed by atoms with E-state index in [1.807, 2.05) is 0 Å². The molecule has 1 aliphatic rings. The second kappa shape index (κ2) is 5.91. The molecule has 1 saturated carbocycles. The quantitative estimate of drug-likeness (QED) is 0.580.